The van der Waals surface area contributed by atoms with E-state index in [1.807, 2.05) is 6.07 Å². The molecule has 8 heteroatoms. The minimum atomic E-state index is -1.26. The van der Waals surface area contributed by atoms with Crippen molar-refractivity contribution in [1.82, 2.24) is 10.2 Å². The lowest BCUT2D eigenvalue weighted by atomic mass is 9.84. The molecule has 0 spiro atoms. The summed E-state index contributed by atoms with van der Waals surface area (Å²) in [7, 11) is 2.14. The van der Waals surface area contributed by atoms with Crippen molar-refractivity contribution in [3.05, 3.63) is 77.4 Å². The van der Waals surface area contributed by atoms with E-state index < -0.39 is 11.9 Å². The standard InChI is InChI=1S/C22H29N3O.C4H4O4/c1-3-4-13-23-14-22(26)24-21-12-8-11-18-19(15-25(2)16-20(18)21)17-9-6-5-7-10-17;5-3(6)1-2-4(7)8/h5-12,19,23H,3-4,13-16H2,1-2H3,(H,24,26);1-2H,(H,5,6)(H,7,8)/b;2-1-. The van der Waals surface area contributed by atoms with Crippen molar-refractivity contribution >= 4 is 23.5 Å². The SMILES string of the molecule is CCCCNCC(=O)Nc1cccc2c1CN(C)CC2c1ccccc1.O=C(O)/C=C\C(=O)O. The largest absolute Gasteiger partial charge is 0.478 e. The highest BCUT2D eigenvalue weighted by Crippen LogP contribution is 2.36. The Morgan fingerprint density at radius 1 is 1.03 bits per heavy atom. The van der Waals surface area contributed by atoms with Gasteiger partial charge in [0.1, 0.15) is 0 Å². The van der Waals surface area contributed by atoms with Crippen molar-refractivity contribution in [2.45, 2.75) is 32.2 Å². The van der Waals surface area contributed by atoms with Gasteiger partial charge in [0.15, 0.2) is 0 Å². The molecule has 0 aromatic heterocycles. The van der Waals surface area contributed by atoms with E-state index >= 15 is 0 Å². The Bertz CT molecular complexity index is 975. The Balaban J connectivity index is 0.000000440. The van der Waals surface area contributed by atoms with Crippen LogP contribution < -0.4 is 10.6 Å². The third kappa shape index (κ3) is 8.80. The molecule has 182 valence electrons. The van der Waals surface area contributed by atoms with Crippen LogP contribution in [0.3, 0.4) is 0 Å². The second-order valence-electron chi connectivity index (χ2n) is 8.12. The summed E-state index contributed by atoms with van der Waals surface area (Å²) in [5, 5.41) is 21.9. The summed E-state index contributed by atoms with van der Waals surface area (Å²) >= 11 is 0. The molecule has 2 aromatic carbocycles. The van der Waals surface area contributed by atoms with Crippen LogP contribution in [0.4, 0.5) is 5.69 Å². The van der Waals surface area contributed by atoms with Crippen LogP contribution in [0.1, 0.15) is 42.4 Å². The molecular weight excluding hydrogens is 434 g/mol. The fourth-order valence-corrected chi connectivity index (χ4v) is 3.78. The summed E-state index contributed by atoms with van der Waals surface area (Å²) in [6.45, 7) is 5.25. The number of carboxylic acids is 2. The first-order chi connectivity index (χ1) is 16.3. The number of fused-ring (bicyclic) bond motifs is 1. The Morgan fingerprint density at radius 3 is 2.32 bits per heavy atom. The molecule has 0 radical (unpaired) electrons. The lowest BCUT2D eigenvalue weighted by Gasteiger charge is -2.34. The van der Waals surface area contributed by atoms with Crippen molar-refractivity contribution in [3.63, 3.8) is 0 Å². The Kier molecular flexibility index (Phi) is 11.0. The molecule has 1 amide bonds. The fourth-order valence-electron chi connectivity index (χ4n) is 3.78. The Morgan fingerprint density at radius 2 is 1.71 bits per heavy atom. The smallest absolute Gasteiger partial charge is 0.328 e. The van der Waals surface area contributed by atoms with E-state index in [2.05, 4.69) is 72.0 Å². The molecule has 1 aliphatic heterocycles. The second kappa shape index (κ2) is 13.9. The van der Waals surface area contributed by atoms with Gasteiger partial charge in [0, 0.05) is 36.8 Å². The van der Waals surface area contributed by atoms with E-state index in [4.69, 9.17) is 10.2 Å². The number of likely N-dealkylation sites (N-methyl/N-ethyl adjacent to an activating group) is 1. The summed E-state index contributed by atoms with van der Waals surface area (Å²) in [4.78, 5) is 33.7. The normalized spacial score (nSPS) is 15.2. The highest BCUT2D eigenvalue weighted by molar-refractivity contribution is 5.93. The van der Waals surface area contributed by atoms with Crippen LogP contribution in [0.5, 0.6) is 0 Å². The maximum absolute atomic E-state index is 12.3. The summed E-state index contributed by atoms with van der Waals surface area (Å²) in [5.74, 6) is -2.15. The molecule has 3 rings (SSSR count). The van der Waals surface area contributed by atoms with Crippen molar-refractivity contribution in [2.75, 3.05) is 32.0 Å². The van der Waals surface area contributed by atoms with Gasteiger partial charge in [0.05, 0.1) is 6.54 Å². The summed E-state index contributed by atoms with van der Waals surface area (Å²) < 4.78 is 0. The van der Waals surface area contributed by atoms with Crippen molar-refractivity contribution in [3.8, 4) is 0 Å². The lowest BCUT2D eigenvalue weighted by Crippen LogP contribution is -2.33. The van der Waals surface area contributed by atoms with E-state index in [0.717, 1.165) is 38.2 Å². The molecule has 34 heavy (non-hydrogen) atoms. The molecule has 1 aliphatic rings. The van der Waals surface area contributed by atoms with E-state index in [0.29, 0.717) is 24.6 Å². The van der Waals surface area contributed by atoms with Crippen LogP contribution in [0.25, 0.3) is 0 Å². The highest BCUT2D eigenvalue weighted by Gasteiger charge is 2.26. The quantitative estimate of drug-likeness (QED) is 0.330. The molecular formula is C26H33N3O5. The Labute approximate surface area is 200 Å². The third-order valence-corrected chi connectivity index (χ3v) is 5.35. The zero-order valence-electron chi connectivity index (χ0n) is 19.7. The number of carbonyl (C=O) groups is 3. The van der Waals surface area contributed by atoms with E-state index in [1.54, 1.807) is 0 Å². The van der Waals surface area contributed by atoms with Gasteiger partial charge in [-0.2, -0.15) is 0 Å². The number of nitrogens with zero attached hydrogens (tertiary/aromatic N) is 1. The van der Waals surface area contributed by atoms with Crippen LogP contribution in [-0.2, 0) is 20.9 Å². The molecule has 0 fully saturated rings. The van der Waals surface area contributed by atoms with Gasteiger partial charge in [-0.05, 0) is 42.8 Å². The first-order valence-electron chi connectivity index (χ1n) is 11.3. The van der Waals surface area contributed by atoms with Crippen LogP contribution in [0, 0.1) is 0 Å². The monoisotopic (exact) mass is 467 g/mol. The van der Waals surface area contributed by atoms with Gasteiger partial charge in [0.2, 0.25) is 5.91 Å². The van der Waals surface area contributed by atoms with E-state index in [-0.39, 0.29) is 5.91 Å². The fraction of sp³-hybridized carbons (Fsp3) is 0.346. The van der Waals surface area contributed by atoms with Gasteiger partial charge in [-0.1, -0.05) is 55.8 Å². The zero-order chi connectivity index (χ0) is 24.9. The topological polar surface area (TPSA) is 119 Å². The van der Waals surface area contributed by atoms with E-state index in [1.165, 1.54) is 16.7 Å². The number of nitrogens with one attached hydrogen (secondary N) is 2. The molecule has 0 saturated carbocycles. The first-order valence-corrected chi connectivity index (χ1v) is 11.3. The summed E-state index contributed by atoms with van der Waals surface area (Å²) in [6, 6.07) is 16.9. The van der Waals surface area contributed by atoms with Gasteiger partial charge < -0.3 is 25.7 Å². The molecule has 1 unspecified atom stereocenters. The summed E-state index contributed by atoms with van der Waals surface area (Å²) in [6.07, 6.45) is 3.34. The van der Waals surface area contributed by atoms with Gasteiger partial charge in [-0.25, -0.2) is 9.59 Å². The van der Waals surface area contributed by atoms with Crippen LogP contribution in [-0.4, -0.2) is 59.6 Å². The molecule has 0 saturated heterocycles. The second-order valence-corrected chi connectivity index (χ2v) is 8.12. The summed E-state index contributed by atoms with van der Waals surface area (Å²) in [5.41, 5.74) is 4.82. The lowest BCUT2D eigenvalue weighted by molar-refractivity contribution is -0.134. The van der Waals surface area contributed by atoms with Crippen molar-refractivity contribution in [2.24, 2.45) is 0 Å². The van der Waals surface area contributed by atoms with Crippen LogP contribution in [0.2, 0.25) is 0 Å². The molecule has 8 nitrogen and oxygen atoms in total. The van der Waals surface area contributed by atoms with Gasteiger partial charge in [0.25, 0.3) is 0 Å². The molecule has 0 bridgehead atoms. The number of benzene rings is 2. The predicted molar refractivity (Wildman–Crippen MR) is 132 cm³/mol. The van der Waals surface area contributed by atoms with Crippen LogP contribution in [0.15, 0.2) is 60.7 Å². The number of hydrogen-bond donors (Lipinski definition) is 4. The third-order valence-electron chi connectivity index (χ3n) is 5.35. The predicted octanol–water partition coefficient (Wildman–Crippen LogP) is 3.30. The van der Waals surface area contributed by atoms with E-state index in [9.17, 15) is 14.4 Å². The minimum absolute atomic E-state index is 0.0268. The highest BCUT2D eigenvalue weighted by atomic mass is 16.4. The number of aliphatic carboxylic acids is 2. The van der Waals surface area contributed by atoms with Gasteiger partial charge in [-0.3, -0.25) is 4.79 Å². The van der Waals surface area contributed by atoms with Crippen molar-refractivity contribution < 1.29 is 24.6 Å². The maximum atomic E-state index is 12.3. The molecule has 0 aliphatic carbocycles. The number of anilines is 1. The number of hydrogen-bond acceptors (Lipinski definition) is 5. The molecule has 1 heterocycles. The Hall–Kier alpha value is -3.49. The van der Waals surface area contributed by atoms with Gasteiger partial charge >= 0.3 is 11.9 Å². The number of carboxylic acid groups (broad SMARTS) is 2. The number of rotatable bonds is 9. The number of amides is 1. The molecule has 4 N–H and O–H groups in total. The van der Waals surface area contributed by atoms with Crippen molar-refractivity contribution in [1.29, 1.82) is 0 Å². The molecule has 2 aromatic rings. The molecule has 1 atom stereocenters. The maximum Gasteiger partial charge on any atom is 0.328 e. The van der Waals surface area contributed by atoms with Crippen LogP contribution >= 0.6 is 0 Å². The van der Waals surface area contributed by atoms with Gasteiger partial charge in [-0.15, -0.1) is 0 Å². The average Bonchev–Trinajstić information content (AvgIpc) is 2.81. The number of carbonyl (C=O) groups excluding carboxylic acids is 1. The zero-order valence-corrected chi connectivity index (χ0v) is 19.7. The number of unbranched alkanes of at least 4 members (excludes halogenated alkanes) is 1. The average molecular weight is 468 g/mol. The first kappa shape index (κ1) is 26.8. The minimum Gasteiger partial charge on any atom is -0.478 e.